The van der Waals surface area contributed by atoms with Gasteiger partial charge in [-0.25, -0.2) is 0 Å². The summed E-state index contributed by atoms with van der Waals surface area (Å²) in [5.41, 5.74) is 2.17. The lowest BCUT2D eigenvalue weighted by Crippen LogP contribution is -2.32. The molecule has 1 aliphatic rings. The number of nitrogens with zero attached hydrogens (tertiary/aromatic N) is 4. The molecular formula is C26H28ClN5O2S. The van der Waals surface area contributed by atoms with E-state index >= 15 is 0 Å². The zero-order chi connectivity index (χ0) is 24.5. The lowest BCUT2D eigenvalue weighted by molar-refractivity contribution is 0.0938. The molecule has 35 heavy (non-hydrogen) atoms. The van der Waals surface area contributed by atoms with Crippen LogP contribution in [-0.4, -0.2) is 31.1 Å². The molecule has 1 N–H and O–H groups in total. The summed E-state index contributed by atoms with van der Waals surface area (Å²) in [6, 6.07) is 13.2. The van der Waals surface area contributed by atoms with E-state index in [0.717, 1.165) is 31.2 Å². The lowest BCUT2D eigenvalue weighted by atomic mass is 10.1. The summed E-state index contributed by atoms with van der Waals surface area (Å²) in [7, 11) is 0. The third-order valence-corrected chi connectivity index (χ3v) is 7.61. The zero-order valence-electron chi connectivity index (χ0n) is 19.8. The average molecular weight is 510 g/mol. The normalized spacial score (nSPS) is 14.4. The Morgan fingerprint density at radius 1 is 1.14 bits per heavy atom. The first kappa shape index (κ1) is 23.9. The Bertz CT molecular complexity index is 1440. The molecule has 0 radical (unpaired) electrons. The Hall–Kier alpha value is -2.84. The molecule has 182 valence electrons. The molecule has 7 nitrogen and oxygen atoms in total. The van der Waals surface area contributed by atoms with E-state index in [9.17, 15) is 9.59 Å². The van der Waals surface area contributed by atoms with Gasteiger partial charge in [-0.1, -0.05) is 62.2 Å². The van der Waals surface area contributed by atoms with Crippen LogP contribution in [0.5, 0.6) is 0 Å². The van der Waals surface area contributed by atoms with Crippen molar-refractivity contribution in [2.75, 3.05) is 0 Å². The monoisotopic (exact) mass is 509 g/mol. The van der Waals surface area contributed by atoms with E-state index < -0.39 is 0 Å². The quantitative estimate of drug-likeness (QED) is 0.341. The van der Waals surface area contributed by atoms with Crippen LogP contribution in [0, 0.1) is 5.92 Å². The van der Waals surface area contributed by atoms with Gasteiger partial charge >= 0.3 is 0 Å². The Balaban J connectivity index is 1.59. The van der Waals surface area contributed by atoms with E-state index in [1.165, 1.54) is 11.8 Å². The highest BCUT2D eigenvalue weighted by Crippen LogP contribution is 2.26. The van der Waals surface area contributed by atoms with Crippen molar-refractivity contribution >= 4 is 46.0 Å². The number of amides is 1. The molecule has 1 fully saturated rings. The second-order valence-corrected chi connectivity index (χ2v) is 10.9. The van der Waals surface area contributed by atoms with Crippen molar-refractivity contribution in [2.24, 2.45) is 5.92 Å². The number of carbonyl (C=O) groups excluding carboxylic acids is 1. The Labute approximate surface area is 212 Å². The molecule has 1 saturated carbocycles. The van der Waals surface area contributed by atoms with Gasteiger partial charge in [-0.2, -0.15) is 0 Å². The molecule has 0 aliphatic heterocycles. The maximum Gasteiger partial charge on any atom is 0.262 e. The smallest absolute Gasteiger partial charge is 0.262 e. The van der Waals surface area contributed by atoms with Crippen LogP contribution in [0.1, 0.15) is 55.5 Å². The van der Waals surface area contributed by atoms with Crippen molar-refractivity contribution < 1.29 is 4.79 Å². The molecule has 9 heteroatoms. The third-order valence-electron chi connectivity index (χ3n) is 6.35. The van der Waals surface area contributed by atoms with Crippen molar-refractivity contribution in [3.05, 3.63) is 69.0 Å². The minimum atomic E-state index is -0.120. The molecule has 2 aromatic carbocycles. The first-order chi connectivity index (χ1) is 16.9. The minimum absolute atomic E-state index is 0.109. The van der Waals surface area contributed by atoms with Gasteiger partial charge in [0.25, 0.3) is 11.5 Å². The average Bonchev–Trinajstić information content (AvgIpc) is 3.51. The molecule has 2 aromatic heterocycles. The van der Waals surface area contributed by atoms with Gasteiger partial charge in [0.15, 0.2) is 5.16 Å². The summed E-state index contributed by atoms with van der Waals surface area (Å²) < 4.78 is 3.59. The fourth-order valence-corrected chi connectivity index (χ4v) is 5.64. The molecule has 0 bridgehead atoms. The summed E-state index contributed by atoms with van der Waals surface area (Å²) in [4.78, 5) is 26.4. The SMILES string of the molecule is CC(C)Cn1c(=O)c2ccc(C(=O)NC3CCCC3)cc2n2c(SCc3ccc(Cl)cc3)nnc12. The molecular weight excluding hydrogens is 482 g/mol. The predicted octanol–water partition coefficient (Wildman–Crippen LogP) is 5.32. The molecule has 4 aromatic rings. The van der Waals surface area contributed by atoms with Crippen molar-refractivity contribution in [2.45, 2.75) is 63.0 Å². The number of hydrogen-bond acceptors (Lipinski definition) is 5. The maximum atomic E-state index is 13.4. The number of halogens is 1. The van der Waals surface area contributed by atoms with Crippen LogP contribution in [0.4, 0.5) is 0 Å². The van der Waals surface area contributed by atoms with Gasteiger partial charge in [0.05, 0.1) is 10.9 Å². The van der Waals surface area contributed by atoms with Gasteiger partial charge in [-0.05, 0) is 54.7 Å². The lowest BCUT2D eigenvalue weighted by Gasteiger charge is -2.15. The first-order valence-corrected chi connectivity index (χ1v) is 13.4. The molecule has 1 amide bonds. The van der Waals surface area contributed by atoms with Crippen LogP contribution >= 0.6 is 23.4 Å². The number of carbonyl (C=O) groups is 1. The van der Waals surface area contributed by atoms with E-state index in [0.29, 0.717) is 44.7 Å². The largest absolute Gasteiger partial charge is 0.349 e. The maximum absolute atomic E-state index is 13.4. The Morgan fingerprint density at radius 2 is 1.89 bits per heavy atom. The molecule has 0 saturated heterocycles. The fraction of sp³-hybridized carbons (Fsp3) is 0.385. The highest BCUT2D eigenvalue weighted by molar-refractivity contribution is 7.98. The summed E-state index contributed by atoms with van der Waals surface area (Å²) in [6.07, 6.45) is 4.32. The topological polar surface area (TPSA) is 81.3 Å². The van der Waals surface area contributed by atoms with E-state index in [1.807, 2.05) is 28.7 Å². The number of thioether (sulfide) groups is 1. The molecule has 0 atom stereocenters. The number of benzene rings is 2. The summed E-state index contributed by atoms with van der Waals surface area (Å²) in [6.45, 7) is 4.66. The number of aromatic nitrogens is 4. The van der Waals surface area contributed by atoms with E-state index in [1.54, 1.807) is 22.8 Å². The van der Waals surface area contributed by atoms with Crippen LogP contribution in [0.3, 0.4) is 0 Å². The molecule has 1 aliphatic carbocycles. The zero-order valence-corrected chi connectivity index (χ0v) is 21.4. The Morgan fingerprint density at radius 3 is 2.60 bits per heavy atom. The highest BCUT2D eigenvalue weighted by Gasteiger charge is 2.21. The van der Waals surface area contributed by atoms with Gasteiger partial charge in [-0.15, -0.1) is 10.2 Å². The van der Waals surface area contributed by atoms with E-state index in [-0.39, 0.29) is 23.4 Å². The standard InChI is InChI=1S/C26H28ClN5O2S/c1-16(2)14-31-24(34)21-12-9-18(23(33)28-20-5-3-4-6-20)13-22(21)32-25(31)29-30-26(32)35-15-17-7-10-19(27)11-8-17/h7-13,16,20H,3-6,14-15H2,1-2H3,(H,28,33). The molecule has 5 rings (SSSR count). The van der Waals surface area contributed by atoms with Gasteiger partial charge in [-0.3, -0.25) is 18.6 Å². The van der Waals surface area contributed by atoms with Crippen LogP contribution in [0.2, 0.25) is 5.02 Å². The molecule has 2 heterocycles. The predicted molar refractivity (Wildman–Crippen MR) is 140 cm³/mol. The summed E-state index contributed by atoms with van der Waals surface area (Å²) in [5, 5.41) is 13.9. The van der Waals surface area contributed by atoms with Crippen LogP contribution in [-0.2, 0) is 12.3 Å². The van der Waals surface area contributed by atoms with Crippen LogP contribution in [0.15, 0.2) is 52.4 Å². The first-order valence-electron chi connectivity index (χ1n) is 12.0. The van der Waals surface area contributed by atoms with Crippen LogP contribution in [0.25, 0.3) is 16.7 Å². The van der Waals surface area contributed by atoms with Gasteiger partial charge in [0.2, 0.25) is 5.78 Å². The van der Waals surface area contributed by atoms with Gasteiger partial charge in [0.1, 0.15) is 0 Å². The fourth-order valence-electron chi connectivity index (χ4n) is 4.61. The highest BCUT2D eigenvalue weighted by atomic mass is 35.5. The summed E-state index contributed by atoms with van der Waals surface area (Å²) in [5.74, 6) is 1.31. The number of nitrogens with one attached hydrogen (secondary N) is 1. The third kappa shape index (κ3) is 4.95. The summed E-state index contributed by atoms with van der Waals surface area (Å²) >= 11 is 7.56. The van der Waals surface area contributed by atoms with E-state index in [4.69, 9.17) is 11.6 Å². The minimum Gasteiger partial charge on any atom is -0.349 e. The van der Waals surface area contributed by atoms with Crippen molar-refractivity contribution in [1.82, 2.24) is 24.5 Å². The van der Waals surface area contributed by atoms with Crippen molar-refractivity contribution in [3.8, 4) is 0 Å². The van der Waals surface area contributed by atoms with Crippen LogP contribution < -0.4 is 10.9 Å². The van der Waals surface area contributed by atoms with Gasteiger partial charge in [0, 0.05) is 28.9 Å². The Kier molecular flexibility index (Phi) is 6.84. The molecule has 0 unspecified atom stereocenters. The number of hydrogen-bond donors (Lipinski definition) is 1. The number of rotatable bonds is 7. The second kappa shape index (κ2) is 10.0. The van der Waals surface area contributed by atoms with Gasteiger partial charge < -0.3 is 5.32 Å². The van der Waals surface area contributed by atoms with Crippen molar-refractivity contribution in [1.29, 1.82) is 0 Å². The second-order valence-electron chi connectivity index (χ2n) is 9.53. The van der Waals surface area contributed by atoms with E-state index in [2.05, 4.69) is 29.4 Å². The number of fused-ring (bicyclic) bond motifs is 3. The molecule has 0 spiro atoms. The van der Waals surface area contributed by atoms with Crippen molar-refractivity contribution in [3.63, 3.8) is 0 Å².